The zero-order valence-electron chi connectivity index (χ0n) is 16.4. The molecule has 1 fully saturated rings. The predicted octanol–water partition coefficient (Wildman–Crippen LogP) is 3.82. The van der Waals surface area contributed by atoms with Crippen LogP contribution in [0.4, 0.5) is 5.69 Å². The number of carbonyl (C=O) groups excluding carboxylic acids is 1. The molecular weight excluding hydrogens is 376 g/mol. The molecule has 150 valence electrons. The van der Waals surface area contributed by atoms with Gasteiger partial charge in [-0.25, -0.2) is 8.42 Å². The predicted molar refractivity (Wildman–Crippen MR) is 109 cm³/mol. The molecule has 0 spiro atoms. The lowest BCUT2D eigenvalue weighted by atomic mass is 10.0. The van der Waals surface area contributed by atoms with Crippen molar-refractivity contribution in [3.8, 4) is 5.75 Å². The molecule has 3 rings (SSSR count). The SMILES string of the molecule is COc1ccc(C(=O)N2CCCCC2C)cc1S(=O)(=O)Nc1ccc(C)cc1. The number of methoxy groups -OCH3 is 1. The van der Waals surface area contributed by atoms with Crippen LogP contribution in [-0.2, 0) is 10.0 Å². The van der Waals surface area contributed by atoms with Crippen LogP contribution in [0.15, 0.2) is 47.4 Å². The van der Waals surface area contributed by atoms with Crippen molar-refractivity contribution < 1.29 is 17.9 Å². The molecule has 1 saturated heterocycles. The van der Waals surface area contributed by atoms with Gasteiger partial charge in [0.05, 0.1) is 7.11 Å². The summed E-state index contributed by atoms with van der Waals surface area (Å²) in [7, 11) is -2.50. The van der Waals surface area contributed by atoms with Gasteiger partial charge in [-0.3, -0.25) is 9.52 Å². The van der Waals surface area contributed by atoms with E-state index in [4.69, 9.17) is 4.74 Å². The van der Waals surface area contributed by atoms with Crippen LogP contribution in [0.2, 0.25) is 0 Å². The molecule has 1 N–H and O–H groups in total. The van der Waals surface area contributed by atoms with E-state index in [1.807, 2.05) is 30.9 Å². The van der Waals surface area contributed by atoms with Gasteiger partial charge in [0.2, 0.25) is 0 Å². The first kappa shape index (κ1) is 20.2. The molecular formula is C21H26N2O4S. The standard InChI is InChI=1S/C21H26N2O4S/c1-15-7-10-18(11-8-15)22-28(25,26)20-14-17(9-12-19(20)27-3)21(24)23-13-5-4-6-16(23)2/h7-12,14,16,22H,4-6,13H2,1-3H3. The summed E-state index contributed by atoms with van der Waals surface area (Å²) in [5.41, 5.74) is 1.83. The Kier molecular flexibility index (Phi) is 5.93. The van der Waals surface area contributed by atoms with E-state index in [9.17, 15) is 13.2 Å². The smallest absolute Gasteiger partial charge is 0.265 e. The van der Waals surface area contributed by atoms with Crippen LogP contribution in [0.1, 0.15) is 42.1 Å². The van der Waals surface area contributed by atoms with Crippen molar-refractivity contribution in [2.24, 2.45) is 0 Å². The minimum absolute atomic E-state index is 0.0499. The van der Waals surface area contributed by atoms with Crippen molar-refractivity contribution in [2.75, 3.05) is 18.4 Å². The Bertz CT molecular complexity index is 955. The number of rotatable bonds is 5. The van der Waals surface area contributed by atoms with Crippen LogP contribution in [0.3, 0.4) is 0 Å². The summed E-state index contributed by atoms with van der Waals surface area (Å²) >= 11 is 0. The fourth-order valence-electron chi connectivity index (χ4n) is 3.42. The van der Waals surface area contributed by atoms with Crippen LogP contribution < -0.4 is 9.46 Å². The van der Waals surface area contributed by atoms with Crippen molar-refractivity contribution >= 4 is 21.6 Å². The first-order valence-corrected chi connectivity index (χ1v) is 10.9. The molecule has 1 amide bonds. The number of benzene rings is 2. The molecule has 0 radical (unpaired) electrons. The Labute approximate surface area is 166 Å². The van der Waals surface area contributed by atoms with E-state index < -0.39 is 10.0 Å². The average Bonchev–Trinajstić information content (AvgIpc) is 2.69. The van der Waals surface area contributed by atoms with Gasteiger partial charge >= 0.3 is 0 Å². The molecule has 1 atom stereocenters. The summed E-state index contributed by atoms with van der Waals surface area (Å²) in [6.07, 6.45) is 3.03. The fraction of sp³-hybridized carbons (Fsp3) is 0.381. The van der Waals surface area contributed by atoms with Crippen molar-refractivity contribution in [3.63, 3.8) is 0 Å². The first-order valence-electron chi connectivity index (χ1n) is 9.40. The molecule has 0 bridgehead atoms. The largest absolute Gasteiger partial charge is 0.495 e. The fourth-order valence-corrected chi connectivity index (χ4v) is 4.67. The molecule has 0 aliphatic carbocycles. The molecule has 2 aromatic carbocycles. The first-order chi connectivity index (χ1) is 13.3. The number of amides is 1. The summed E-state index contributed by atoms with van der Waals surface area (Å²) < 4.78 is 33.7. The van der Waals surface area contributed by atoms with Crippen molar-refractivity contribution in [3.05, 3.63) is 53.6 Å². The van der Waals surface area contributed by atoms with Gasteiger partial charge in [0.25, 0.3) is 15.9 Å². The second-order valence-electron chi connectivity index (χ2n) is 7.18. The molecule has 1 unspecified atom stereocenters. The zero-order chi connectivity index (χ0) is 20.3. The number of aryl methyl sites for hydroxylation is 1. The third-order valence-electron chi connectivity index (χ3n) is 5.07. The zero-order valence-corrected chi connectivity index (χ0v) is 17.3. The van der Waals surface area contributed by atoms with Crippen LogP contribution >= 0.6 is 0 Å². The number of anilines is 1. The molecule has 1 aliphatic rings. The number of sulfonamides is 1. The van der Waals surface area contributed by atoms with Gasteiger partial charge in [-0.2, -0.15) is 0 Å². The van der Waals surface area contributed by atoms with Crippen molar-refractivity contribution in [2.45, 2.75) is 44.0 Å². The van der Waals surface area contributed by atoms with E-state index in [0.717, 1.165) is 24.8 Å². The van der Waals surface area contributed by atoms with E-state index in [1.54, 1.807) is 18.2 Å². The number of ether oxygens (including phenoxy) is 1. The maximum atomic E-state index is 13.0. The highest BCUT2D eigenvalue weighted by atomic mass is 32.2. The summed E-state index contributed by atoms with van der Waals surface area (Å²) in [5, 5.41) is 0. The number of piperidine rings is 1. The van der Waals surface area contributed by atoms with Gasteiger partial charge < -0.3 is 9.64 Å². The summed E-state index contributed by atoms with van der Waals surface area (Å²) in [5.74, 6) is 0.0458. The lowest BCUT2D eigenvalue weighted by molar-refractivity contribution is 0.0635. The molecule has 1 heterocycles. The maximum absolute atomic E-state index is 13.0. The molecule has 2 aromatic rings. The normalized spacial score (nSPS) is 17.2. The Morgan fingerprint density at radius 1 is 1.14 bits per heavy atom. The minimum atomic E-state index is -3.91. The van der Waals surface area contributed by atoms with E-state index in [2.05, 4.69) is 4.72 Å². The number of carbonyl (C=O) groups is 1. The summed E-state index contributed by atoms with van der Waals surface area (Å²) in [6.45, 7) is 4.64. The molecule has 7 heteroatoms. The molecule has 28 heavy (non-hydrogen) atoms. The highest BCUT2D eigenvalue weighted by molar-refractivity contribution is 7.92. The third kappa shape index (κ3) is 4.30. The molecule has 0 aromatic heterocycles. The van der Waals surface area contributed by atoms with Gasteiger partial charge in [-0.05, 0) is 63.4 Å². The van der Waals surface area contributed by atoms with E-state index in [0.29, 0.717) is 17.8 Å². The molecule has 6 nitrogen and oxygen atoms in total. The van der Waals surface area contributed by atoms with Gasteiger partial charge in [0.15, 0.2) is 0 Å². The second kappa shape index (κ2) is 8.22. The van der Waals surface area contributed by atoms with Crippen LogP contribution in [0, 0.1) is 6.92 Å². The quantitative estimate of drug-likeness (QED) is 0.825. The Morgan fingerprint density at radius 3 is 2.50 bits per heavy atom. The van der Waals surface area contributed by atoms with Crippen LogP contribution in [-0.4, -0.2) is 38.9 Å². The minimum Gasteiger partial charge on any atom is -0.495 e. The number of hydrogen-bond acceptors (Lipinski definition) is 4. The molecule has 1 aliphatic heterocycles. The van der Waals surface area contributed by atoms with Crippen molar-refractivity contribution in [1.82, 2.24) is 4.90 Å². The Morgan fingerprint density at radius 2 is 1.86 bits per heavy atom. The van der Waals surface area contributed by atoms with Gasteiger partial charge in [-0.15, -0.1) is 0 Å². The number of likely N-dealkylation sites (tertiary alicyclic amines) is 1. The average molecular weight is 403 g/mol. The summed E-state index contributed by atoms with van der Waals surface area (Å²) in [6, 6.07) is 11.7. The van der Waals surface area contributed by atoms with E-state index >= 15 is 0 Å². The topological polar surface area (TPSA) is 75.7 Å². The third-order valence-corrected chi connectivity index (χ3v) is 6.47. The highest BCUT2D eigenvalue weighted by Crippen LogP contribution is 2.28. The Balaban J connectivity index is 1.94. The summed E-state index contributed by atoms with van der Waals surface area (Å²) in [4.78, 5) is 14.7. The number of hydrogen-bond donors (Lipinski definition) is 1. The van der Waals surface area contributed by atoms with Gasteiger partial charge in [0.1, 0.15) is 10.6 Å². The second-order valence-corrected chi connectivity index (χ2v) is 8.83. The monoisotopic (exact) mass is 402 g/mol. The lowest BCUT2D eigenvalue weighted by Gasteiger charge is -2.33. The van der Waals surface area contributed by atoms with Gasteiger partial charge in [0, 0.05) is 23.8 Å². The van der Waals surface area contributed by atoms with Crippen LogP contribution in [0.5, 0.6) is 5.75 Å². The highest BCUT2D eigenvalue weighted by Gasteiger charge is 2.27. The lowest BCUT2D eigenvalue weighted by Crippen LogP contribution is -2.42. The maximum Gasteiger partial charge on any atom is 0.265 e. The molecule has 0 saturated carbocycles. The Hall–Kier alpha value is -2.54. The van der Waals surface area contributed by atoms with Crippen LogP contribution in [0.25, 0.3) is 0 Å². The number of nitrogens with one attached hydrogen (secondary N) is 1. The van der Waals surface area contributed by atoms with Crippen molar-refractivity contribution in [1.29, 1.82) is 0 Å². The number of nitrogens with zero attached hydrogens (tertiary/aromatic N) is 1. The van der Waals surface area contributed by atoms with E-state index in [-0.39, 0.29) is 22.6 Å². The van der Waals surface area contributed by atoms with Gasteiger partial charge in [-0.1, -0.05) is 17.7 Å². The van der Waals surface area contributed by atoms with E-state index in [1.165, 1.54) is 19.2 Å².